The van der Waals surface area contributed by atoms with E-state index in [0.29, 0.717) is 22.8 Å². The summed E-state index contributed by atoms with van der Waals surface area (Å²) >= 11 is 0. The van der Waals surface area contributed by atoms with Gasteiger partial charge < -0.3 is 14.8 Å². The summed E-state index contributed by atoms with van der Waals surface area (Å²) in [6, 6.07) is 12.8. The van der Waals surface area contributed by atoms with Gasteiger partial charge in [-0.1, -0.05) is 12.1 Å². The van der Waals surface area contributed by atoms with Crippen LogP contribution in [-0.2, 0) is 9.59 Å². The number of carbonyl (C=O) groups excluding carboxylic acids is 2. The summed E-state index contributed by atoms with van der Waals surface area (Å²) < 4.78 is 11.0. The number of nitro groups is 1. The normalized spacial score (nSPS) is 15.3. The molecule has 10 nitrogen and oxygen atoms in total. The molecule has 1 aliphatic heterocycles. The molecule has 10 heteroatoms. The Morgan fingerprint density at radius 2 is 1.86 bits per heavy atom. The number of hydrogen-bond acceptors (Lipinski definition) is 7. The molecule has 0 radical (unpaired) electrons. The first-order valence-corrected chi connectivity index (χ1v) is 8.68. The van der Waals surface area contributed by atoms with Gasteiger partial charge in [0, 0.05) is 12.1 Å². The molecule has 29 heavy (non-hydrogen) atoms. The number of hydrogen-bond donors (Lipinski definition) is 2. The SMILES string of the molecule is CC(=NNC(=O)CNC(=O)C1COc2ccccc2O1)c1ccc([N+](=O)[O-])cc1. The van der Waals surface area contributed by atoms with Gasteiger partial charge in [-0.05, 0) is 36.8 Å². The van der Waals surface area contributed by atoms with Crippen LogP contribution in [0.25, 0.3) is 0 Å². The summed E-state index contributed by atoms with van der Waals surface area (Å²) in [7, 11) is 0. The molecule has 0 bridgehead atoms. The van der Waals surface area contributed by atoms with Crippen molar-refractivity contribution in [3.8, 4) is 11.5 Å². The Morgan fingerprint density at radius 3 is 2.55 bits per heavy atom. The fraction of sp³-hybridized carbons (Fsp3) is 0.211. The van der Waals surface area contributed by atoms with Crippen LogP contribution < -0.4 is 20.2 Å². The first-order valence-electron chi connectivity index (χ1n) is 8.68. The smallest absolute Gasteiger partial charge is 0.269 e. The summed E-state index contributed by atoms with van der Waals surface area (Å²) in [5, 5.41) is 17.1. The molecule has 0 saturated heterocycles. The second kappa shape index (κ2) is 8.83. The monoisotopic (exact) mass is 398 g/mol. The highest BCUT2D eigenvalue weighted by Gasteiger charge is 2.27. The summed E-state index contributed by atoms with van der Waals surface area (Å²) in [6.45, 7) is 1.39. The van der Waals surface area contributed by atoms with Gasteiger partial charge in [0.1, 0.15) is 6.61 Å². The number of nitrogens with zero attached hydrogens (tertiary/aromatic N) is 2. The first-order chi connectivity index (χ1) is 13.9. The maximum atomic E-state index is 12.2. The minimum Gasteiger partial charge on any atom is -0.485 e. The van der Waals surface area contributed by atoms with Gasteiger partial charge in [0.15, 0.2) is 11.5 Å². The standard InChI is InChI=1S/C19H18N4O6/c1-12(13-6-8-14(9-7-13)23(26)27)21-22-18(24)10-20-19(25)17-11-28-15-4-2-3-5-16(15)29-17/h2-9,17H,10-11H2,1H3,(H,20,25)(H,22,24). The molecule has 2 N–H and O–H groups in total. The van der Waals surface area contributed by atoms with Crippen LogP contribution in [0.15, 0.2) is 53.6 Å². The second-order valence-electron chi connectivity index (χ2n) is 6.12. The van der Waals surface area contributed by atoms with E-state index in [1.165, 1.54) is 24.3 Å². The van der Waals surface area contributed by atoms with E-state index < -0.39 is 22.8 Å². The Labute approximate surface area is 165 Å². The van der Waals surface area contributed by atoms with E-state index in [1.54, 1.807) is 31.2 Å². The number of non-ortho nitro benzene ring substituents is 1. The third kappa shape index (κ3) is 5.06. The van der Waals surface area contributed by atoms with E-state index in [9.17, 15) is 19.7 Å². The molecule has 3 rings (SSSR count). The van der Waals surface area contributed by atoms with Gasteiger partial charge in [-0.2, -0.15) is 5.10 Å². The van der Waals surface area contributed by atoms with Crippen molar-refractivity contribution in [3.05, 3.63) is 64.2 Å². The number of para-hydroxylation sites is 2. The van der Waals surface area contributed by atoms with Gasteiger partial charge in [0.05, 0.1) is 17.2 Å². The Bertz CT molecular complexity index is 957. The molecule has 1 unspecified atom stereocenters. The summed E-state index contributed by atoms with van der Waals surface area (Å²) in [5.74, 6) is 0.0134. The molecule has 1 aliphatic rings. The number of hydrazone groups is 1. The molecule has 1 atom stereocenters. The quantitative estimate of drug-likeness (QED) is 0.429. The third-order valence-corrected chi connectivity index (χ3v) is 4.07. The summed E-state index contributed by atoms with van der Waals surface area (Å²) in [6.07, 6.45) is -0.858. The summed E-state index contributed by atoms with van der Waals surface area (Å²) in [5.41, 5.74) is 3.36. The van der Waals surface area contributed by atoms with Crippen molar-refractivity contribution in [1.82, 2.24) is 10.7 Å². The number of ether oxygens (including phenoxy) is 2. The van der Waals surface area contributed by atoms with Crippen molar-refractivity contribution in [2.75, 3.05) is 13.2 Å². The fourth-order valence-corrected chi connectivity index (χ4v) is 2.50. The lowest BCUT2D eigenvalue weighted by atomic mass is 10.1. The molecule has 0 aliphatic carbocycles. The average molecular weight is 398 g/mol. The number of amides is 2. The van der Waals surface area contributed by atoms with Crippen molar-refractivity contribution in [1.29, 1.82) is 0 Å². The van der Waals surface area contributed by atoms with Crippen molar-refractivity contribution in [2.24, 2.45) is 5.10 Å². The van der Waals surface area contributed by atoms with Crippen molar-refractivity contribution in [3.63, 3.8) is 0 Å². The molecule has 150 valence electrons. The summed E-state index contributed by atoms with van der Waals surface area (Å²) in [4.78, 5) is 34.3. The molecular weight excluding hydrogens is 380 g/mol. The van der Waals surface area contributed by atoms with Crippen LogP contribution in [-0.4, -0.2) is 41.7 Å². The van der Waals surface area contributed by atoms with E-state index in [-0.39, 0.29) is 18.8 Å². The van der Waals surface area contributed by atoms with Crippen LogP contribution in [0, 0.1) is 10.1 Å². The van der Waals surface area contributed by atoms with Crippen LogP contribution >= 0.6 is 0 Å². The number of nitrogens with one attached hydrogen (secondary N) is 2. The Kier molecular flexibility index (Phi) is 6.03. The molecule has 2 aromatic carbocycles. The largest absolute Gasteiger partial charge is 0.485 e. The molecule has 2 aromatic rings. The van der Waals surface area contributed by atoms with E-state index in [0.717, 1.165) is 0 Å². The number of benzene rings is 2. The fourth-order valence-electron chi connectivity index (χ4n) is 2.50. The Hall–Kier alpha value is -3.95. The molecular formula is C19H18N4O6. The molecule has 0 spiro atoms. The van der Waals surface area contributed by atoms with Gasteiger partial charge in [-0.3, -0.25) is 19.7 Å². The van der Waals surface area contributed by atoms with Crippen LogP contribution in [0.1, 0.15) is 12.5 Å². The highest BCUT2D eigenvalue weighted by molar-refractivity contribution is 5.99. The highest BCUT2D eigenvalue weighted by Crippen LogP contribution is 2.30. The maximum absolute atomic E-state index is 12.2. The van der Waals surface area contributed by atoms with Gasteiger partial charge in [0.25, 0.3) is 17.5 Å². The van der Waals surface area contributed by atoms with Crippen LogP contribution in [0.2, 0.25) is 0 Å². The van der Waals surface area contributed by atoms with E-state index in [4.69, 9.17) is 9.47 Å². The van der Waals surface area contributed by atoms with Crippen molar-refractivity contribution < 1.29 is 24.0 Å². The van der Waals surface area contributed by atoms with Gasteiger partial charge in [0.2, 0.25) is 6.10 Å². The minimum atomic E-state index is -0.858. The minimum absolute atomic E-state index is 0.0372. The van der Waals surface area contributed by atoms with Gasteiger partial charge >= 0.3 is 0 Å². The Balaban J connectivity index is 1.47. The lowest BCUT2D eigenvalue weighted by molar-refractivity contribution is -0.384. The zero-order chi connectivity index (χ0) is 20.8. The van der Waals surface area contributed by atoms with Crippen molar-refractivity contribution in [2.45, 2.75) is 13.0 Å². The molecule has 1 heterocycles. The number of rotatable bonds is 6. The molecule has 0 aromatic heterocycles. The van der Waals surface area contributed by atoms with Gasteiger partial charge in [-0.15, -0.1) is 0 Å². The highest BCUT2D eigenvalue weighted by atomic mass is 16.6. The van der Waals surface area contributed by atoms with Crippen LogP contribution in [0.4, 0.5) is 5.69 Å². The third-order valence-electron chi connectivity index (χ3n) is 4.07. The van der Waals surface area contributed by atoms with E-state index in [1.807, 2.05) is 0 Å². The predicted molar refractivity (Wildman–Crippen MR) is 103 cm³/mol. The number of carbonyl (C=O) groups is 2. The number of fused-ring (bicyclic) bond motifs is 1. The van der Waals surface area contributed by atoms with Crippen molar-refractivity contribution >= 4 is 23.2 Å². The lowest BCUT2D eigenvalue weighted by Crippen LogP contribution is -2.46. The van der Waals surface area contributed by atoms with E-state index >= 15 is 0 Å². The van der Waals surface area contributed by atoms with Crippen LogP contribution in [0.3, 0.4) is 0 Å². The second-order valence-corrected chi connectivity index (χ2v) is 6.12. The number of nitro benzene ring substituents is 1. The zero-order valence-corrected chi connectivity index (χ0v) is 15.5. The predicted octanol–water partition coefficient (Wildman–Crippen LogP) is 1.39. The molecule has 0 saturated carbocycles. The average Bonchev–Trinajstić information content (AvgIpc) is 2.75. The Morgan fingerprint density at radius 1 is 1.17 bits per heavy atom. The van der Waals surface area contributed by atoms with Gasteiger partial charge in [-0.25, -0.2) is 5.43 Å². The van der Waals surface area contributed by atoms with E-state index in [2.05, 4.69) is 15.8 Å². The maximum Gasteiger partial charge on any atom is 0.269 e. The first kappa shape index (κ1) is 19.8. The topological polar surface area (TPSA) is 132 Å². The molecule has 0 fully saturated rings. The zero-order valence-electron chi connectivity index (χ0n) is 15.5. The molecule has 2 amide bonds. The van der Waals surface area contributed by atoms with Crippen LogP contribution in [0.5, 0.6) is 11.5 Å². The lowest BCUT2D eigenvalue weighted by Gasteiger charge is -2.25.